The summed E-state index contributed by atoms with van der Waals surface area (Å²) in [5, 5.41) is 0. The first-order chi connectivity index (χ1) is 10.8. The molecule has 0 saturated heterocycles. The molecular weight excluding hydrogens is 292 g/mol. The normalized spacial score (nSPS) is 11.1. The molecule has 0 aliphatic carbocycles. The molecule has 0 aromatic carbocycles. The second-order valence-corrected chi connectivity index (χ2v) is 6.27. The summed E-state index contributed by atoms with van der Waals surface area (Å²) >= 11 is 0. The van der Waals surface area contributed by atoms with E-state index in [9.17, 15) is 9.59 Å². The molecule has 0 saturated carbocycles. The number of ether oxygens (including phenoxy) is 1. The third kappa shape index (κ3) is 4.71. The molecule has 120 valence electrons. The van der Waals surface area contributed by atoms with Gasteiger partial charge >= 0.3 is 5.97 Å². The Hall–Kier alpha value is -2.56. The Balaban J connectivity index is 2.27. The SMILES string of the molecule is Cc1cc(-c2ncccc2C(=O)CC(=O)OC(C)(C)C)ccn1. The second-order valence-electron chi connectivity index (χ2n) is 6.27. The average molecular weight is 312 g/mol. The minimum absolute atomic E-state index is 0.306. The summed E-state index contributed by atoms with van der Waals surface area (Å²) in [6.45, 7) is 7.18. The average Bonchev–Trinajstić information content (AvgIpc) is 2.45. The van der Waals surface area contributed by atoms with Gasteiger partial charge in [0.2, 0.25) is 0 Å². The number of nitrogens with zero attached hydrogens (tertiary/aromatic N) is 2. The zero-order valence-corrected chi connectivity index (χ0v) is 13.8. The lowest BCUT2D eigenvalue weighted by atomic mass is 10.0. The van der Waals surface area contributed by atoms with E-state index in [4.69, 9.17) is 4.74 Å². The number of hydrogen-bond donors (Lipinski definition) is 0. The van der Waals surface area contributed by atoms with E-state index in [1.165, 1.54) is 0 Å². The summed E-state index contributed by atoms with van der Waals surface area (Å²) < 4.78 is 5.20. The minimum atomic E-state index is -0.614. The van der Waals surface area contributed by atoms with Crippen molar-refractivity contribution in [2.45, 2.75) is 39.7 Å². The number of aromatic nitrogens is 2. The zero-order valence-electron chi connectivity index (χ0n) is 13.8. The number of hydrogen-bond acceptors (Lipinski definition) is 5. The second kappa shape index (κ2) is 6.69. The first-order valence-electron chi connectivity index (χ1n) is 7.39. The van der Waals surface area contributed by atoms with Crippen LogP contribution < -0.4 is 0 Å². The van der Waals surface area contributed by atoms with Gasteiger partial charge in [-0.15, -0.1) is 0 Å². The molecule has 0 N–H and O–H groups in total. The predicted octanol–water partition coefficient (Wildman–Crippen LogP) is 3.37. The van der Waals surface area contributed by atoms with E-state index in [-0.39, 0.29) is 12.2 Å². The molecule has 5 nitrogen and oxygen atoms in total. The fourth-order valence-electron chi connectivity index (χ4n) is 2.16. The van der Waals surface area contributed by atoms with Crippen LogP contribution in [0.4, 0.5) is 0 Å². The van der Waals surface area contributed by atoms with E-state index in [0.717, 1.165) is 11.3 Å². The van der Waals surface area contributed by atoms with Crippen molar-refractivity contribution in [1.29, 1.82) is 0 Å². The number of rotatable bonds is 4. The molecule has 0 radical (unpaired) electrons. The fourth-order valence-corrected chi connectivity index (χ4v) is 2.16. The smallest absolute Gasteiger partial charge is 0.314 e. The first-order valence-corrected chi connectivity index (χ1v) is 7.39. The first kappa shape index (κ1) is 16.8. The standard InChI is InChI=1S/C18H20N2O3/c1-12-10-13(7-9-19-12)17-14(6-5-8-20-17)15(21)11-16(22)23-18(2,3)4/h5-10H,11H2,1-4H3. The van der Waals surface area contributed by atoms with Gasteiger partial charge in [-0.1, -0.05) is 0 Å². The van der Waals surface area contributed by atoms with Crippen molar-refractivity contribution in [3.05, 3.63) is 47.9 Å². The number of pyridine rings is 2. The van der Waals surface area contributed by atoms with Crippen LogP contribution in [0, 0.1) is 6.92 Å². The molecule has 0 aliphatic heterocycles. The summed E-state index contributed by atoms with van der Waals surface area (Å²) in [6, 6.07) is 7.00. The number of ketones is 1. The molecule has 5 heteroatoms. The molecule has 23 heavy (non-hydrogen) atoms. The number of aryl methyl sites for hydroxylation is 1. The summed E-state index contributed by atoms with van der Waals surface area (Å²) in [4.78, 5) is 32.8. The topological polar surface area (TPSA) is 69.2 Å². The molecule has 0 unspecified atom stereocenters. The predicted molar refractivity (Wildman–Crippen MR) is 87.0 cm³/mol. The molecule has 2 aromatic heterocycles. The highest BCUT2D eigenvalue weighted by Crippen LogP contribution is 2.23. The lowest BCUT2D eigenvalue weighted by Crippen LogP contribution is -2.25. The monoisotopic (exact) mass is 312 g/mol. The lowest BCUT2D eigenvalue weighted by Gasteiger charge is -2.19. The van der Waals surface area contributed by atoms with Gasteiger partial charge in [0.25, 0.3) is 0 Å². The van der Waals surface area contributed by atoms with Gasteiger partial charge in [-0.3, -0.25) is 19.6 Å². The fraction of sp³-hybridized carbons (Fsp3) is 0.333. The minimum Gasteiger partial charge on any atom is -0.460 e. The van der Waals surface area contributed by atoms with Crippen LogP contribution in [-0.4, -0.2) is 27.3 Å². The Morgan fingerprint density at radius 1 is 1.13 bits per heavy atom. The van der Waals surface area contributed by atoms with Crippen LogP contribution in [0.5, 0.6) is 0 Å². The van der Waals surface area contributed by atoms with Crippen molar-refractivity contribution in [3.63, 3.8) is 0 Å². The van der Waals surface area contributed by atoms with E-state index in [1.54, 1.807) is 51.4 Å². The van der Waals surface area contributed by atoms with Crippen LogP contribution in [0.2, 0.25) is 0 Å². The van der Waals surface area contributed by atoms with Crippen LogP contribution >= 0.6 is 0 Å². The third-order valence-corrected chi connectivity index (χ3v) is 3.00. The van der Waals surface area contributed by atoms with Gasteiger partial charge in [0, 0.05) is 29.2 Å². The molecule has 0 atom stereocenters. The van der Waals surface area contributed by atoms with Crippen molar-refractivity contribution in [3.8, 4) is 11.3 Å². The summed E-state index contributed by atoms with van der Waals surface area (Å²) in [5.41, 5.74) is 1.97. The maximum Gasteiger partial charge on any atom is 0.314 e. The molecule has 0 fully saturated rings. The molecular formula is C18H20N2O3. The van der Waals surface area contributed by atoms with E-state index < -0.39 is 11.6 Å². The largest absolute Gasteiger partial charge is 0.460 e. The highest BCUT2D eigenvalue weighted by Gasteiger charge is 2.22. The number of esters is 1. The maximum atomic E-state index is 12.5. The quantitative estimate of drug-likeness (QED) is 0.492. The molecule has 0 aliphatic rings. The van der Waals surface area contributed by atoms with Gasteiger partial charge in [0.05, 0.1) is 5.69 Å². The van der Waals surface area contributed by atoms with Gasteiger partial charge in [0.1, 0.15) is 12.0 Å². The summed E-state index contributed by atoms with van der Waals surface area (Å²) in [7, 11) is 0. The van der Waals surface area contributed by atoms with Crippen molar-refractivity contribution in [1.82, 2.24) is 9.97 Å². The van der Waals surface area contributed by atoms with Gasteiger partial charge in [0.15, 0.2) is 5.78 Å². The molecule has 0 amide bonds. The van der Waals surface area contributed by atoms with Crippen LogP contribution in [0.3, 0.4) is 0 Å². The molecule has 2 rings (SSSR count). The van der Waals surface area contributed by atoms with Gasteiger partial charge < -0.3 is 4.74 Å². The zero-order chi connectivity index (χ0) is 17.0. The third-order valence-electron chi connectivity index (χ3n) is 3.00. The van der Waals surface area contributed by atoms with E-state index in [0.29, 0.717) is 11.3 Å². The summed E-state index contributed by atoms with van der Waals surface area (Å²) in [5.74, 6) is -0.847. The van der Waals surface area contributed by atoms with Crippen molar-refractivity contribution >= 4 is 11.8 Å². The van der Waals surface area contributed by atoms with Gasteiger partial charge in [-0.2, -0.15) is 0 Å². The number of carbonyl (C=O) groups excluding carboxylic acids is 2. The Bertz CT molecular complexity index is 733. The molecule has 2 aromatic rings. The Kier molecular flexibility index (Phi) is 4.89. The van der Waals surface area contributed by atoms with Crippen LogP contribution in [-0.2, 0) is 9.53 Å². The van der Waals surface area contributed by atoms with E-state index >= 15 is 0 Å². The van der Waals surface area contributed by atoms with Crippen LogP contribution in [0.1, 0.15) is 43.2 Å². The Labute approximate surface area is 135 Å². The Morgan fingerprint density at radius 2 is 1.87 bits per heavy atom. The highest BCUT2D eigenvalue weighted by molar-refractivity contribution is 6.09. The molecule has 0 spiro atoms. The van der Waals surface area contributed by atoms with Crippen molar-refractivity contribution < 1.29 is 14.3 Å². The van der Waals surface area contributed by atoms with Gasteiger partial charge in [-0.05, 0) is 52.0 Å². The van der Waals surface area contributed by atoms with Crippen molar-refractivity contribution in [2.75, 3.05) is 0 Å². The molecule has 0 bridgehead atoms. The molecule has 2 heterocycles. The van der Waals surface area contributed by atoms with Gasteiger partial charge in [-0.25, -0.2) is 0 Å². The Morgan fingerprint density at radius 3 is 2.52 bits per heavy atom. The van der Waals surface area contributed by atoms with Crippen molar-refractivity contribution in [2.24, 2.45) is 0 Å². The lowest BCUT2D eigenvalue weighted by molar-refractivity contribution is -0.153. The van der Waals surface area contributed by atoms with E-state index in [2.05, 4.69) is 9.97 Å². The van der Waals surface area contributed by atoms with Crippen LogP contribution in [0.15, 0.2) is 36.7 Å². The van der Waals surface area contributed by atoms with E-state index in [1.807, 2.05) is 13.0 Å². The highest BCUT2D eigenvalue weighted by atomic mass is 16.6. The maximum absolute atomic E-state index is 12.5. The number of carbonyl (C=O) groups is 2. The number of Topliss-reactive ketones (excluding diaryl/α,β-unsaturated/α-hetero) is 1. The summed E-state index contributed by atoms with van der Waals surface area (Å²) in [6.07, 6.45) is 2.98. The van der Waals surface area contributed by atoms with Crippen LogP contribution in [0.25, 0.3) is 11.3 Å².